The third kappa shape index (κ3) is 10.7. The molecule has 0 spiro atoms. The van der Waals surface area contributed by atoms with Crippen molar-refractivity contribution in [3.8, 4) is 0 Å². The Labute approximate surface area is 130 Å². The Kier molecular flexibility index (Phi) is 11.5. The summed E-state index contributed by atoms with van der Waals surface area (Å²) in [5.74, 6) is 0. The van der Waals surface area contributed by atoms with Crippen molar-refractivity contribution in [2.45, 2.75) is 11.8 Å². The lowest BCUT2D eigenvalue weighted by molar-refractivity contribution is 0.00436. The summed E-state index contributed by atoms with van der Waals surface area (Å²) >= 11 is 0.862. The van der Waals surface area contributed by atoms with Gasteiger partial charge < -0.3 is 19.3 Å². The topological polar surface area (TPSA) is 57.2 Å². The van der Waals surface area contributed by atoms with Crippen LogP contribution in [0, 0.1) is 6.92 Å². The van der Waals surface area contributed by atoms with E-state index in [1.54, 1.807) is 0 Å². The molecule has 0 unspecified atom stereocenters. The molecule has 0 saturated carbocycles. The zero-order chi connectivity index (χ0) is 15.2. The maximum atomic E-state index is 8.50. The Morgan fingerprint density at radius 3 is 1.90 bits per heavy atom. The van der Waals surface area contributed by atoms with Crippen molar-refractivity contribution in [2.24, 2.45) is 0 Å². The molecule has 0 bridgehead atoms. The van der Waals surface area contributed by atoms with Crippen LogP contribution in [0.4, 0.5) is 0 Å². The third-order valence-electron chi connectivity index (χ3n) is 2.50. The third-order valence-corrected chi connectivity index (χ3v) is 3.32. The molecule has 1 rings (SSSR count). The fourth-order valence-corrected chi connectivity index (χ4v) is 2.01. The minimum absolute atomic E-state index is 0.0467. The molecule has 0 atom stereocenters. The molecule has 1 aromatic rings. The van der Waals surface area contributed by atoms with Crippen molar-refractivity contribution in [1.29, 1.82) is 0 Å². The molecular formula is C15H25O5S+. The summed E-state index contributed by atoms with van der Waals surface area (Å²) in [4.78, 5) is 1.15. The largest absolute Gasteiger partial charge is 0.394 e. The second-order valence-electron chi connectivity index (χ2n) is 4.32. The highest BCUT2D eigenvalue weighted by atomic mass is 32.2. The van der Waals surface area contributed by atoms with E-state index < -0.39 is 0 Å². The highest BCUT2D eigenvalue weighted by Crippen LogP contribution is 2.05. The van der Waals surface area contributed by atoms with Gasteiger partial charge in [-0.2, -0.15) is 4.18 Å². The number of rotatable bonds is 13. The van der Waals surface area contributed by atoms with Gasteiger partial charge in [-0.05, 0) is 19.1 Å². The van der Waals surface area contributed by atoms with Gasteiger partial charge in [-0.25, -0.2) is 0 Å². The lowest BCUT2D eigenvalue weighted by Crippen LogP contribution is -2.12. The van der Waals surface area contributed by atoms with Gasteiger partial charge in [0.1, 0.15) is 6.61 Å². The van der Waals surface area contributed by atoms with Crippen molar-refractivity contribution in [3.05, 3.63) is 29.8 Å². The zero-order valence-electron chi connectivity index (χ0n) is 12.5. The lowest BCUT2D eigenvalue weighted by Gasteiger charge is -2.05. The molecule has 0 saturated heterocycles. The smallest absolute Gasteiger partial charge is 0.187 e. The normalized spacial score (nSPS) is 11.0. The van der Waals surface area contributed by atoms with Crippen molar-refractivity contribution < 1.29 is 23.5 Å². The van der Waals surface area contributed by atoms with Crippen LogP contribution in [0.15, 0.2) is 29.2 Å². The van der Waals surface area contributed by atoms with Gasteiger partial charge in [0.2, 0.25) is 0 Å². The molecule has 0 radical (unpaired) electrons. The summed E-state index contributed by atoms with van der Waals surface area (Å²) in [6.07, 6.45) is 0. The zero-order valence-corrected chi connectivity index (χ0v) is 13.4. The second-order valence-corrected chi connectivity index (χ2v) is 5.28. The van der Waals surface area contributed by atoms with Gasteiger partial charge in [0, 0.05) is 0 Å². The summed E-state index contributed by atoms with van der Waals surface area (Å²) in [7, 11) is 0. The first-order chi connectivity index (χ1) is 10.3. The molecule has 6 heteroatoms. The van der Waals surface area contributed by atoms with E-state index >= 15 is 0 Å². The molecule has 0 heterocycles. The van der Waals surface area contributed by atoms with Crippen molar-refractivity contribution >= 4 is 12.0 Å². The van der Waals surface area contributed by atoms with Gasteiger partial charge >= 0.3 is 0 Å². The van der Waals surface area contributed by atoms with Gasteiger partial charge in [-0.15, -0.1) is 0 Å². The maximum absolute atomic E-state index is 8.50. The van der Waals surface area contributed by atoms with E-state index in [1.165, 1.54) is 5.56 Å². The van der Waals surface area contributed by atoms with E-state index in [0.29, 0.717) is 46.2 Å². The number of hydrogen-bond acceptors (Lipinski definition) is 5. The molecule has 1 aromatic carbocycles. The minimum Gasteiger partial charge on any atom is -0.394 e. The Hall–Kier alpha value is -0.630. The molecule has 0 aliphatic rings. The Morgan fingerprint density at radius 1 is 0.810 bits per heavy atom. The summed E-state index contributed by atoms with van der Waals surface area (Å²) in [5.41, 5.74) is 1.25. The first-order valence-corrected chi connectivity index (χ1v) is 7.88. The van der Waals surface area contributed by atoms with Crippen LogP contribution < -0.4 is 0 Å². The molecular weight excluding hydrogens is 292 g/mol. The predicted molar refractivity (Wildman–Crippen MR) is 83.7 cm³/mol. The molecule has 0 aliphatic heterocycles. The van der Waals surface area contributed by atoms with E-state index in [2.05, 4.69) is 31.2 Å². The Bertz CT molecular complexity index is 344. The van der Waals surface area contributed by atoms with Crippen LogP contribution in [0.3, 0.4) is 0 Å². The summed E-state index contributed by atoms with van der Waals surface area (Å²) in [6, 6.07) is 8.27. The SMILES string of the molecule is Cc1ccc([SH+]OCCOCCOCCOCCO)cc1. The number of aliphatic hydroxyl groups is 1. The molecule has 21 heavy (non-hydrogen) atoms. The van der Waals surface area contributed by atoms with Gasteiger partial charge in [0.25, 0.3) is 0 Å². The van der Waals surface area contributed by atoms with Gasteiger partial charge in [-0.1, -0.05) is 17.7 Å². The van der Waals surface area contributed by atoms with Crippen LogP contribution in [0.1, 0.15) is 5.56 Å². The van der Waals surface area contributed by atoms with Crippen LogP contribution in [-0.4, -0.2) is 58.0 Å². The standard InChI is InChI=1S/C15H24O5S/c1-14-2-4-15(5-3-14)21-20-13-12-19-11-10-18-9-8-17-7-6-16/h2-5,16H,6-13H2,1H3/p+1. The summed E-state index contributed by atoms with van der Waals surface area (Å²) in [6.45, 7) is 5.70. The van der Waals surface area contributed by atoms with Gasteiger partial charge in [0.15, 0.2) is 16.9 Å². The Morgan fingerprint density at radius 2 is 1.33 bits per heavy atom. The average Bonchev–Trinajstić information content (AvgIpc) is 2.50. The fourth-order valence-electron chi connectivity index (χ4n) is 1.43. The summed E-state index contributed by atoms with van der Waals surface area (Å²) in [5, 5.41) is 8.50. The molecule has 0 fully saturated rings. The Balaban J connectivity index is 1.81. The van der Waals surface area contributed by atoms with E-state index in [-0.39, 0.29) is 6.61 Å². The van der Waals surface area contributed by atoms with Crippen molar-refractivity contribution in [2.75, 3.05) is 52.9 Å². The van der Waals surface area contributed by atoms with Gasteiger partial charge in [-0.3, -0.25) is 0 Å². The minimum atomic E-state index is 0.0467. The van der Waals surface area contributed by atoms with E-state index in [0.717, 1.165) is 16.9 Å². The lowest BCUT2D eigenvalue weighted by atomic mass is 10.2. The highest BCUT2D eigenvalue weighted by Gasteiger charge is 2.03. The second kappa shape index (κ2) is 13.1. The monoisotopic (exact) mass is 317 g/mol. The predicted octanol–water partition coefficient (Wildman–Crippen LogP) is 1.14. The van der Waals surface area contributed by atoms with Crippen LogP contribution >= 0.6 is 0 Å². The highest BCUT2D eigenvalue weighted by molar-refractivity contribution is 7.73. The summed E-state index contributed by atoms with van der Waals surface area (Å²) < 4.78 is 21.2. The molecule has 0 aliphatic carbocycles. The first-order valence-electron chi connectivity index (χ1n) is 7.06. The molecule has 1 N–H and O–H groups in total. The van der Waals surface area contributed by atoms with Gasteiger partial charge in [0.05, 0.1) is 46.2 Å². The van der Waals surface area contributed by atoms with E-state index in [1.807, 2.05) is 0 Å². The molecule has 120 valence electrons. The molecule has 0 amide bonds. The quantitative estimate of drug-likeness (QED) is 0.336. The number of hydrogen-bond donors (Lipinski definition) is 1. The molecule has 0 aromatic heterocycles. The van der Waals surface area contributed by atoms with Crippen molar-refractivity contribution in [1.82, 2.24) is 0 Å². The van der Waals surface area contributed by atoms with Crippen LogP contribution in [0.5, 0.6) is 0 Å². The number of benzene rings is 1. The maximum Gasteiger partial charge on any atom is 0.187 e. The van der Waals surface area contributed by atoms with Crippen LogP contribution in [0.2, 0.25) is 0 Å². The average molecular weight is 317 g/mol. The number of aryl methyl sites for hydroxylation is 1. The number of aliphatic hydroxyl groups excluding tert-OH is 1. The van der Waals surface area contributed by atoms with Crippen LogP contribution in [-0.2, 0) is 30.4 Å². The van der Waals surface area contributed by atoms with E-state index in [9.17, 15) is 0 Å². The molecule has 5 nitrogen and oxygen atoms in total. The fraction of sp³-hybridized carbons (Fsp3) is 0.600. The number of thiol groups is 1. The van der Waals surface area contributed by atoms with E-state index in [4.69, 9.17) is 23.5 Å². The van der Waals surface area contributed by atoms with Crippen LogP contribution in [0.25, 0.3) is 0 Å². The number of ether oxygens (including phenoxy) is 3. The first kappa shape index (κ1) is 18.4. The van der Waals surface area contributed by atoms with Crippen molar-refractivity contribution in [3.63, 3.8) is 0 Å².